The predicted molar refractivity (Wildman–Crippen MR) is 78.7 cm³/mol. The molecule has 0 saturated heterocycles. The van der Waals surface area contributed by atoms with Gasteiger partial charge in [-0.25, -0.2) is 0 Å². The molecule has 0 bridgehead atoms. The average molecular weight is 287 g/mol. The van der Waals surface area contributed by atoms with E-state index in [1.165, 1.54) is 5.56 Å². The Morgan fingerprint density at radius 1 is 1.10 bits per heavy atom. The molecule has 1 aromatic rings. The highest BCUT2D eigenvalue weighted by atomic mass is 16.4. The number of carbonyl (C=O) groups excluding carboxylic acids is 1. The Labute approximate surface area is 124 Å². The van der Waals surface area contributed by atoms with Crippen molar-refractivity contribution < 1.29 is 14.7 Å². The maximum Gasteiger partial charge on any atom is 0.307 e. The second kappa shape index (κ2) is 5.88. The number of aliphatic carboxylic acids is 1. The van der Waals surface area contributed by atoms with Crippen LogP contribution in [0.4, 0.5) is 0 Å². The molecule has 4 unspecified atom stereocenters. The lowest BCUT2D eigenvalue weighted by Gasteiger charge is -2.13. The zero-order valence-electron chi connectivity index (χ0n) is 12.0. The zero-order chi connectivity index (χ0) is 14.8. The first-order valence-electron chi connectivity index (χ1n) is 7.70. The number of hydrogen-bond acceptors (Lipinski definition) is 2. The number of benzene rings is 1. The Bertz CT molecular complexity index is 528. The summed E-state index contributed by atoms with van der Waals surface area (Å²) >= 11 is 0. The summed E-state index contributed by atoms with van der Waals surface area (Å²) in [6.07, 6.45) is 4.71. The van der Waals surface area contributed by atoms with E-state index in [2.05, 4.69) is 29.6 Å². The Hall–Kier alpha value is -1.84. The van der Waals surface area contributed by atoms with Crippen LogP contribution < -0.4 is 5.32 Å². The van der Waals surface area contributed by atoms with Crippen LogP contribution in [0.2, 0.25) is 0 Å². The van der Waals surface area contributed by atoms with E-state index in [9.17, 15) is 9.59 Å². The van der Waals surface area contributed by atoms with E-state index in [0.29, 0.717) is 12.3 Å². The van der Waals surface area contributed by atoms with E-state index in [1.807, 2.05) is 6.07 Å². The van der Waals surface area contributed by atoms with Crippen LogP contribution in [0.1, 0.15) is 31.2 Å². The predicted octanol–water partition coefficient (Wildman–Crippen LogP) is 2.23. The van der Waals surface area contributed by atoms with Gasteiger partial charge in [0.25, 0.3) is 0 Å². The molecule has 3 rings (SSSR count). The van der Waals surface area contributed by atoms with Crippen molar-refractivity contribution in [3.8, 4) is 0 Å². The number of carboxylic acids is 1. The minimum absolute atomic E-state index is 0.0623. The van der Waals surface area contributed by atoms with Crippen LogP contribution in [0, 0.1) is 17.8 Å². The minimum atomic E-state index is -0.844. The highest BCUT2D eigenvalue weighted by Crippen LogP contribution is 2.39. The molecular weight excluding hydrogens is 266 g/mol. The number of carboxylic acid groups (broad SMARTS) is 1. The van der Waals surface area contributed by atoms with Crippen molar-refractivity contribution in [1.29, 1.82) is 0 Å². The Kier molecular flexibility index (Phi) is 3.95. The molecule has 0 radical (unpaired) electrons. The van der Waals surface area contributed by atoms with Crippen LogP contribution in [-0.2, 0) is 16.0 Å². The third-order valence-electron chi connectivity index (χ3n) is 4.70. The van der Waals surface area contributed by atoms with Crippen LogP contribution in [0.5, 0.6) is 0 Å². The third-order valence-corrected chi connectivity index (χ3v) is 4.70. The number of hydrogen-bond donors (Lipinski definition) is 2. The summed E-state index contributed by atoms with van der Waals surface area (Å²) < 4.78 is 0. The fraction of sp³-hybridized carbons (Fsp3) is 0.529. The van der Waals surface area contributed by atoms with Crippen molar-refractivity contribution in [3.63, 3.8) is 0 Å². The Morgan fingerprint density at radius 3 is 2.52 bits per heavy atom. The maximum absolute atomic E-state index is 12.0. The molecule has 112 valence electrons. The standard InChI is InChI=1S/C17H21NO3/c19-16(14-10-15(14)17(20)21)18-13-7-6-12(9-13)8-11-4-2-1-3-5-11/h1-5,12-15H,6-10H2,(H,18,19)(H,20,21). The molecule has 2 fully saturated rings. The Morgan fingerprint density at radius 2 is 1.86 bits per heavy atom. The van der Waals surface area contributed by atoms with E-state index in [0.717, 1.165) is 25.7 Å². The van der Waals surface area contributed by atoms with Crippen LogP contribution in [0.15, 0.2) is 30.3 Å². The van der Waals surface area contributed by atoms with Crippen molar-refractivity contribution in [2.45, 2.75) is 38.1 Å². The molecular formula is C17H21NO3. The fourth-order valence-electron chi connectivity index (χ4n) is 3.40. The molecule has 2 aliphatic rings. The number of rotatable bonds is 5. The van der Waals surface area contributed by atoms with E-state index in [4.69, 9.17) is 5.11 Å². The second-order valence-electron chi connectivity index (χ2n) is 6.36. The molecule has 0 spiro atoms. The fourth-order valence-corrected chi connectivity index (χ4v) is 3.40. The lowest BCUT2D eigenvalue weighted by molar-refractivity contribution is -0.140. The number of carbonyl (C=O) groups is 2. The quantitative estimate of drug-likeness (QED) is 0.872. The second-order valence-corrected chi connectivity index (χ2v) is 6.36. The van der Waals surface area contributed by atoms with E-state index >= 15 is 0 Å². The van der Waals surface area contributed by atoms with Gasteiger partial charge in [-0.3, -0.25) is 9.59 Å². The topological polar surface area (TPSA) is 66.4 Å². The third kappa shape index (κ3) is 3.43. The summed E-state index contributed by atoms with van der Waals surface area (Å²) in [6, 6.07) is 10.7. The molecule has 1 amide bonds. The van der Waals surface area contributed by atoms with Gasteiger partial charge in [0.1, 0.15) is 0 Å². The molecule has 2 N–H and O–H groups in total. The maximum atomic E-state index is 12.0. The zero-order valence-corrected chi connectivity index (χ0v) is 12.0. The Balaban J connectivity index is 1.45. The largest absolute Gasteiger partial charge is 0.481 e. The SMILES string of the molecule is O=C(O)C1CC1C(=O)NC1CCC(Cc2ccccc2)C1. The minimum Gasteiger partial charge on any atom is -0.481 e. The van der Waals surface area contributed by atoms with Gasteiger partial charge in [-0.2, -0.15) is 0 Å². The molecule has 0 aliphatic heterocycles. The van der Waals surface area contributed by atoms with Crippen molar-refractivity contribution in [2.24, 2.45) is 17.8 Å². The van der Waals surface area contributed by atoms with Gasteiger partial charge in [-0.05, 0) is 43.6 Å². The van der Waals surface area contributed by atoms with Gasteiger partial charge in [0, 0.05) is 6.04 Å². The highest BCUT2D eigenvalue weighted by molar-refractivity contribution is 5.89. The van der Waals surface area contributed by atoms with E-state index in [-0.39, 0.29) is 17.9 Å². The first-order valence-corrected chi connectivity index (χ1v) is 7.70. The number of nitrogens with one attached hydrogen (secondary N) is 1. The summed E-state index contributed by atoms with van der Waals surface area (Å²) in [5, 5.41) is 11.9. The van der Waals surface area contributed by atoms with Crippen molar-refractivity contribution in [2.75, 3.05) is 0 Å². The van der Waals surface area contributed by atoms with Gasteiger partial charge in [-0.1, -0.05) is 30.3 Å². The van der Waals surface area contributed by atoms with Crippen LogP contribution in [-0.4, -0.2) is 23.0 Å². The van der Waals surface area contributed by atoms with Crippen LogP contribution in [0.25, 0.3) is 0 Å². The first-order chi connectivity index (χ1) is 10.1. The molecule has 4 heteroatoms. The number of amides is 1. The van der Waals surface area contributed by atoms with E-state index in [1.54, 1.807) is 0 Å². The molecule has 1 aromatic carbocycles. The lowest BCUT2D eigenvalue weighted by atomic mass is 9.98. The highest BCUT2D eigenvalue weighted by Gasteiger charge is 2.48. The van der Waals surface area contributed by atoms with Gasteiger partial charge in [0.2, 0.25) is 5.91 Å². The van der Waals surface area contributed by atoms with Crippen molar-refractivity contribution >= 4 is 11.9 Å². The summed E-state index contributed by atoms with van der Waals surface area (Å²) in [7, 11) is 0. The summed E-state index contributed by atoms with van der Waals surface area (Å²) in [4.78, 5) is 22.8. The lowest BCUT2D eigenvalue weighted by Crippen LogP contribution is -2.34. The molecule has 4 atom stereocenters. The van der Waals surface area contributed by atoms with E-state index < -0.39 is 11.9 Å². The molecule has 0 heterocycles. The molecule has 4 nitrogen and oxygen atoms in total. The van der Waals surface area contributed by atoms with Gasteiger partial charge >= 0.3 is 5.97 Å². The summed E-state index contributed by atoms with van der Waals surface area (Å²) in [5.74, 6) is -1.04. The van der Waals surface area contributed by atoms with Gasteiger partial charge in [0.05, 0.1) is 11.8 Å². The van der Waals surface area contributed by atoms with Gasteiger partial charge < -0.3 is 10.4 Å². The van der Waals surface area contributed by atoms with Crippen LogP contribution in [0.3, 0.4) is 0 Å². The van der Waals surface area contributed by atoms with Gasteiger partial charge in [-0.15, -0.1) is 0 Å². The first kappa shape index (κ1) is 14.1. The van der Waals surface area contributed by atoms with Crippen LogP contribution >= 0.6 is 0 Å². The molecule has 2 aliphatic carbocycles. The molecule has 21 heavy (non-hydrogen) atoms. The average Bonchev–Trinajstić information content (AvgIpc) is 3.17. The molecule has 2 saturated carbocycles. The normalized spacial score (nSPS) is 30.9. The smallest absolute Gasteiger partial charge is 0.307 e. The van der Waals surface area contributed by atoms with Crippen molar-refractivity contribution in [1.82, 2.24) is 5.32 Å². The monoisotopic (exact) mass is 287 g/mol. The summed E-state index contributed by atoms with van der Waals surface area (Å²) in [6.45, 7) is 0. The summed E-state index contributed by atoms with van der Waals surface area (Å²) in [5.41, 5.74) is 1.35. The van der Waals surface area contributed by atoms with Gasteiger partial charge in [0.15, 0.2) is 0 Å². The van der Waals surface area contributed by atoms with Crippen molar-refractivity contribution in [3.05, 3.63) is 35.9 Å². The molecule has 0 aromatic heterocycles.